The topological polar surface area (TPSA) is 29.9 Å². The maximum Gasteiger partial charge on any atom is 0.273 e. The number of hydrogen-bond donors (Lipinski definition) is 1. The van der Waals surface area contributed by atoms with Gasteiger partial charge in [-0.1, -0.05) is 11.6 Å². The van der Waals surface area contributed by atoms with Crippen LogP contribution in [0.4, 0.5) is 5.82 Å². The molecule has 0 aromatic carbocycles. The van der Waals surface area contributed by atoms with E-state index < -0.39 is 0 Å². The number of hydrogen-bond acceptors (Lipinski definition) is 1. The summed E-state index contributed by atoms with van der Waals surface area (Å²) in [4.78, 5) is 0. The highest BCUT2D eigenvalue weighted by atomic mass is 35.5. The predicted molar refractivity (Wildman–Crippen MR) is 37.0 cm³/mol. The first-order chi connectivity index (χ1) is 4.20. The molecule has 48 valence electrons. The molecule has 0 aliphatic rings. The molecule has 0 aliphatic heterocycles. The van der Waals surface area contributed by atoms with Crippen molar-refractivity contribution in [1.82, 2.24) is 0 Å². The fourth-order valence-electron chi connectivity index (χ4n) is 0.560. The van der Waals surface area contributed by atoms with Gasteiger partial charge in [0.25, 0.3) is 5.82 Å². The van der Waals surface area contributed by atoms with Gasteiger partial charge in [0, 0.05) is 6.07 Å². The fourth-order valence-corrected chi connectivity index (χ4v) is 0.728. The van der Waals surface area contributed by atoms with Gasteiger partial charge in [0.1, 0.15) is 0 Å². The molecule has 0 bridgehead atoms. The lowest BCUT2D eigenvalue weighted by atomic mass is 10.4. The van der Waals surface area contributed by atoms with Crippen LogP contribution < -0.4 is 10.3 Å². The van der Waals surface area contributed by atoms with E-state index in [0.717, 1.165) is 0 Å². The van der Waals surface area contributed by atoms with E-state index in [0.29, 0.717) is 10.8 Å². The Morgan fingerprint density at radius 2 is 2.33 bits per heavy atom. The van der Waals surface area contributed by atoms with Gasteiger partial charge in [-0.3, -0.25) is 5.73 Å². The van der Waals surface area contributed by atoms with Gasteiger partial charge in [0.05, 0.1) is 18.3 Å². The number of aromatic nitrogens is 1. The number of pyridine rings is 1. The Labute approximate surface area is 58.9 Å². The molecular weight excluding hydrogens is 136 g/mol. The Bertz CT molecular complexity index is 222. The van der Waals surface area contributed by atoms with Crippen LogP contribution in [0.25, 0.3) is 0 Å². The van der Waals surface area contributed by atoms with E-state index in [4.69, 9.17) is 17.3 Å². The molecule has 1 heterocycles. The Morgan fingerprint density at radius 3 is 2.78 bits per heavy atom. The number of nitrogens with two attached hydrogens (primary N) is 1. The number of rotatable bonds is 0. The Morgan fingerprint density at radius 1 is 1.67 bits per heavy atom. The van der Waals surface area contributed by atoms with Gasteiger partial charge in [-0.15, -0.1) is 0 Å². The van der Waals surface area contributed by atoms with Crippen molar-refractivity contribution in [3.8, 4) is 0 Å². The Balaban J connectivity index is 3.17. The van der Waals surface area contributed by atoms with Crippen molar-refractivity contribution in [3.63, 3.8) is 0 Å². The first-order valence-electron chi connectivity index (χ1n) is 2.61. The van der Waals surface area contributed by atoms with Gasteiger partial charge < -0.3 is 0 Å². The van der Waals surface area contributed by atoms with Crippen molar-refractivity contribution in [2.24, 2.45) is 7.05 Å². The third kappa shape index (κ3) is 1.33. The zero-order valence-electron chi connectivity index (χ0n) is 5.13. The molecule has 0 atom stereocenters. The van der Waals surface area contributed by atoms with Crippen LogP contribution in [0.3, 0.4) is 0 Å². The average molecular weight is 144 g/mol. The minimum absolute atomic E-state index is 0.669. The van der Waals surface area contributed by atoms with Crippen molar-refractivity contribution in [2.45, 2.75) is 0 Å². The second-order valence-electron chi connectivity index (χ2n) is 1.88. The van der Waals surface area contributed by atoms with E-state index in [9.17, 15) is 0 Å². The largest absolute Gasteiger partial charge is 0.287 e. The van der Waals surface area contributed by atoms with E-state index >= 15 is 0 Å². The molecular formula is C6H8ClN2+. The number of nitrogen functional groups attached to an aromatic ring is 1. The summed E-state index contributed by atoms with van der Waals surface area (Å²) in [5.74, 6) is 0.669. The summed E-state index contributed by atoms with van der Waals surface area (Å²) in [7, 11) is 1.87. The summed E-state index contributed by atoms with van der Waals surface area (Å²) in [6.45, 7) is 0. The summed E-state index contributed by atoms with van der Waals surface area (Å²) in [6.07, 6.45) is 1.82. The summed E-state index contributed by atoms with van der Waals surface area (Å²) in [5.41, 5.74) is 5.50. The minimum Gasteiger partial charge on any atom is -0.287 e. The second kappa shape index (κ2) is 2.23. The SMILES string of the molecule is C[n+]1ccc(Cl)cc1N. The molecule has 0 radical (unpaired) electrons. The normalized spacial score (nSPS) is 9.56. The lowest BCUT2D eigenvalue weighted by Crippen LogP contribution is -2.31. The van der Waals surface area contributed by atoms with Crippen LogP contribution in [-0.2, 0) is 7.05 Å². The number of aryl methyl sites for hydroxylation is 1. The highest BCUT2D eigenvalue weighted by Gasteiger charge is 1.96. The number of halogens is 1. The van der Waals surface area contributed by atoms with E-state index in [1.807, 2.05) is 13.2 Å². The molecule has 0 fully saturated rings. The lowest BCUT2D eigenvalue weighted by molar-refractivity contribution is -0.656. The third-order valence-corrected chi connectivity index (χ3v) is 1.39. The van der Waals surface area contributed by atoms with E-state index in [1.54, 1.807) is 16.7 Å². The molecule has 0 unspecified atom stereocenters. The number of anilines is 1. The van der Waals surface area contributed by atoms with Crippen molar-refractivity contribution in [1.29, 1.82) is 0 Å². The molecule has 3 heteroatoms. The molecule has 1 aromatic heterocycles. The van der Waals surface area contributed by atoms with E-state index in [2.05, 4.69) is 0 Å². The third-order valence-electron chi connectivity index (χ3n) is 1.15. The second-order valence-corrected chi connectivity index (χ2v) is 2.32. The first kappa shape index (κ1) is 6.36. The molecule has 1 rings (SSSR count). The van der Waals surface area contributed by atoms with Crippen LogP contribution in [0.2, 0.25) is 5.02 Å². The van der Waals surface area contributed by atoms with Crippen molar-refractivity contribution < 1.29 is 4.57 Å². The highest BCUT2D eigenvalue weighted by molar-refractivity contribution is 6.30. The molecule has 0 saturated carbocycles. The smallest absolute Gasteiger partial charge is 0.273 e. The molecule has 0 spiro atoms. The molecule has 0 amide bonds. The predicted octanol–water partition coefficient (Wildman–Crippen LogP) is 0.747. The maximum atomic E-state index is 5.62. The molecule has 2 N–H and O–H groups in total. The Hall–Kier alpha value is -0.760. The van der Waals surface area contributed by atoms with Crippen molar-refractivity contribution in [2.75, 3.05) is 5.73 Å². The van der Waals surface area contributed by atoms with Gasteiger partial charge in [-0.2, -0.15) is 0 Å². The summed E-state index contributed by atoms with van der Waals surface area (Å²) in [5, 5.41) is 0.672. The minimum atomic E-state index is 0.669. The zero-order valence-corrected chi connectivity index (χ0v) is 5.89. The highest BCUT2D eigenvalue weighted by Crippen LogP contribution is 2.06. The molecule has 0 saturated heterocycles. The van der Waals surface area contributed by atoms with Crippen LogP contribution in [-0.4, -0.2) is 0 Å². The van der Waals surface area contributed by atoms with Crippen LogP contribution in [0.1, 0.15) is 0 Å². The first-order valence-corrected chi connectivity index (χ1v) is 2.98. The van der Waals surface area contributed by atoms with Gasteiger partial charge in [0.15, 0.2) is 0 Å². The maximum absolute atomic E-state index is 5.62. The van der Waals surface area contributed by atoms with Crippen LogP contribution in [0.15, 0.2) is 18.3 Å². The monoisotopic (exact) mass is 143 g/mol. The van der Waals surface area contributed by atoms with Crippen molar-refractivity contribution in [3.05, 3.63) is 23.4 Å². The van der Waals surface area contributed by atoms with Gasteiger partial charge in [-0.05, 0) is 6.07 Å². The standard InChI is InChI=1S/C6H7ClN2/c1-9-3-2-5(7)4-6(9)8/h2-4,8H,1H3/p+1. The van der Waals surface area contributed by atoms with Crippen molar-refractivity contribution >= 4 is 17.4 Å². The fraction of sp³-hybridized carbons (Fsp3) is 0.167. The quantitative estimate of drug-likeness (QED) is 0.534. The lowest BCUT2D eigenvalue weighted by Gasteiger charge is -1.93. The molecule has 1 aromatic rings. The van der Waals surface area contributed by atoms with Crippen LogP contribution in [0.5, 0.6) is 0 Å². The van der Waals surface area contributed by atoms with Crippen LogP contribution in [0, 0.1) is 0 Å². The molecule has 0 aliphatic carbocycles. The van der Waals surface area contributed by atoms with Gasteiger partial charge in [-0.25, -0.2) is 4.57 Å². The average Bonchev–Trinajstić information content (AvgIpc) is 1.80. The molecule has 9 heavy (non-hydrogen) atoms. The summed E-state index contributed by atoms with van der Waals surface area (Å²) < 4.78 is 1.80. The van der Waals surface area contributed by atoms with Gasteiger partial charge >= 0.3 is 0 Å². The summed E-state index contributed by atoms with van der Waals surface area (Å²) >= 11 is 5.62. The van der Waals surface area contributed by atoms with E-state index in [1.165, 1.54) is 0 Å². The van der Waals surface area contributed by atoms with Crippen LogP contribution >= 0.6 is 11.6 Å². The Kier molecular flexibility index (Phi) is 1.58. The van der Waals surface area contributed by atoms with E-state index in [-0.39, 0.29) is 0 Å². The summed E-state index contributed by atoms with van der Waals surface area (Å²) in [6, 6.07) is 3.50. The number of nitrogens with zero attached hydrogens (tertiary/aromatic N) is 1. The zero-order chi connectivity index (χ0) is 6.85. The van der Waals surface area contributed by atoms with Gasteiger partial charge in [0.2, 0.25) is 0 Å². The molecule has 2 nitrogen and oxygen atoms in total.